The zero-order valence-electron chi connectivity index (χ0n) is 9.06. The van der Waals surface area contributed by atoms with Crippen LogP contribution >= 0.6 is 22.9 Å². The van der Waals surface area contributed by atoms with Crippen molar-refractivity contribution < 1.29 is 4.74 Å². The maximum absolute atomic E-state index is 5.01. The molecule has 2 rings (SSSR count). The van der Waals surface area contributed by atoms with Crippen LogP contribution in [0.25, 0.3) is 0 Å². The number of nitrogens with one attached hydrogen (secondary N) is 1. The zero-order chi connectivity index (χ0) is 11.4. The molecule has 7 heteroatoms. The molecule has 0 amide bonds. The SMILES string of the molecule is COCc1nc(CNc2nc(C)ns2)cs1. The van der Waals surface area contributed by atoms with Crippen molar-refractivity contribution in [3.63, 3.8) is 0 Å². The fourth-order valence-electron chi connectivity index (χ4n) is 1.15. The van der Waals surface area contributed by atoms with Crippen LogP contribution in [0.1, 0.15) is 16.5 Å². The van der Waals surface area contributed by atoms with E-state index in [4.69, 9.17) is 4.74 Å². The zero-order valence-corrected chi connectivity index (χ0v) is 10.7. The molecule has 0 spiro atoms. The summed E-state index contributed by atoms with van der Waals surface area (Å²) >= 11 is 2.97. The molecule has 1 N–H and O–H groups in total. The molecule has 0 radical (unpaired) electrons. The fraction of sp³-hybridized carbons (Fsp3) is 0.444. The van der Waals surface area contributed by atoms with Crippen molar-refractivity contribution in [3.05, 3.63) is 21.9 Å². The van der Waals surface area contributed by atoms with Gasteiger partial charge in [0.2, 0.25) is 5.13 Å². The molecule has 5 nitrogen and oxygen atoms in total. The van der Waals surface area contributed by atoms with Crippen LogP contribution < -0.4 is 5.32 Å². The van der Waals surface area contributed by atoms with E-state index in [-0.39, 0.29) is 0 Å². The van der Waals surface area contributed by atoms with Gasteiger partial charge in [-0.3, -0.25) is 0 Å². The molecule has 2 aromatic rings. The van der Waals surface area contributed by atoms with Crippen LogP contribution in [-0.4, -0.2) is 21.5 Å². The lowest BCUT2D eigenvalue weighted by molar-refractivity contribution is 0.184. The molecule has 16 heavy (non-hydrogen) atoms. The fourth-order valence-corrected chi connectivity index (χ4v) is 2.49. The molecule has 0 fully saturated rings. The third-order valence-corrected chi connectivity index (χ3v) is 3.45. The van der Waals surface area contributed by atoms with Gasteiger partial charge >= 0.3 is 0 Å². The topological polar surface area (TPSA) is 59.9 Å². The summed E-state index contributed by atoms with van der Waals surface area (Å²) in [6, 6.07) is 0. The van der Waals surface area contributed by atoms with Crippen molar-refractivity contribution >= 4 is 28.0 Å². The molecule has 0 bridgehead atoms. The lowest BCUT2D eigenvalue weighted by Crippen LogP contribution is -1.99. The molecule has 2 aromatic heterocycles. The Labute approximate surface area is 102 Å². The van der Waals surface area contributed by atoms with Crippen molar-refractivity contribution in [1.82, 2.24) is 14.3 Å². The predicted octanol–water partition coefficient (Wildman–Crippen LogP) is 2.06. The molecular formula is C9H12N4OS2. The van der Waals surface area contributed by atoms with Gasteiger partial charge in [-0.15, -0.1) is 11.3 Å². The first-order chi connectivity index (χ1) is 7.78. The lowest BCUT2D eigenvalue weighted by Gasteiger charge is -1.97. The Morgan fingerprint density at radius 3 is 3.00 bits per heavy atom. The number of nitrogens with zero attached hydrogens (tertiary/aromatic N) is 3. The summed E-state index contributed by atoms with van der Waals surface area (Å²) in [6.07, 6.45) is 0. The minimum Gasteiger partial charge on any atom is -0.378 e. The highest BCUT2D eigenvalue weighted by Crippen LogP contribution is 2.14. The molecule has 0 aliphatic carbocycles. The Bertz CT molecular complexity index is 454. The van der Waals surface area contributed by atoms with E-state index >= 15 is 0 Å². The average Bonchev–Trinajstić information content (AvgIpc) is 2.85. The van der Waals surface area contributed by atoms with Crippen molar-refractivity contribution in [2.24, 2.45) is 0 Å². The van der Waals surface area contributed by atoms with E-state index in [1.807, 2.05) is 12.3 Å². The molecular weight excluding hydrogens is 244 g/mol. The lowest BCUT2D eigenvalue weighted by atomic mass is 10.5. The second-order valence-electron chi connectivity index (χ2n) is 3.17. The average molecular weight is 256 g/mol. The van der Waals surface area contributed by atoms with Gasteiger partial charge in [-0.25, -0.2) is 9.97 Å². The number of anilines is 1. The van der Waals surface area contributed by atoms with Crippen LogP contribution in [0.15, 0.2) is 5.38 Å². The molecule has 2 heterocycles. The Morgan fingerprint density at radius 1 is 1.44 bits per heavy atom. The van der Waals surface area contributed by atoms with Gasteiger partial charge in [-0.05, 0) is 6.92 Å². The minimum absolute atomic E-state index is 0.572. The first kappa shape index (κ1) is 11.4. The second kappa shape index (κ2) is 5.33. The number of methoxy groups -OCH3 is 1. The van der Waals surface area contributed by atoms with Gasteiger partial charge in [0, 0.05) is 24.0 Å². The summed E-state index contributed by atoms with van der Waals surface area (Å²) in [6.45, 7) is 3.12. The molecule has 0 aliphatic heterocycles. The van der Waals surface area contributed by atoms with Gasteiger partial charge in [-0.1, -0.05) is 0 Å². The largest absolute Gasteiger partial charge is 0.378 e. The van der Waals surface area contributed by atoms with Gasteiger partial charge in [0.1, 0.15) is 10.8 Å². The molecule has 0 saturated carbocycles. The monoisotopic (exact) mass is 256 g/mol. The maximum atomic E-state index is 5.01. The summed E-state index contributed by atoms with van der Waals surface area (Å²) in [5, 5.41) is 7.03. The highest BCUT2D eigenvalue weighted by Gasteiger charge is 2.03. The Morgan fingerprint density at radius 2 is 2.31 bits per heavy atom. The molecule has 0 aliphatic rings. The van der Waals surface area contributed by atoms with E-state index in [9.17, 15) is 0 Å². The van der Waals surface area contributed by atoms with Crippen molar-refractivity contribution in [1.29, 1.82) is 0 Å². The number of rotatable bonds is 5. The number of hydrogen-bond acceptors (Lipinski definition) is 7. The quantitative estimate of drug-likeness (QED) is 0.887. The Hall–Kier alpha value is -1.05. The van der Waals surface area contributed by atoms with Gasteiger partial charge in [0.25, 0.3) is 0 Å². The van der Waals surface area contributed by atoms with Crippen LogP contribution in [0.5, 0.6) is 0 Å². The number of aromatic nitrogens is 3. The van der Waals surface area contributed by atoms with E-state index in [1.54, 1.807) is 18.4 Å². The number of aryl methyl sites for hydroxylation is 1. The van der Waals surface area contributed by atoms with Crippen LogP contribution in [0.3, 0.4) is 0 Å². The van der Waals surface area contributed by atoms with Gasteiger partial charge in [-0.2, -0.15) is 4.37 Å². The third-order valence-electron chi connectivity index (χ3n) is 1.82. The van der Waals surface area contributed by atoms with Crippen LogP contribution in [0.4, 0.5) is 5.13 Å². The summed E-state index contributed by atoms with van der Waals surface area (Å²) < 4.78 is 9.11. The van der Waals surface area contributed by atoms with Gasteiger partial charge in [0.15, 0.2) is 0 Å². The maximum Gasteiger partial charge on any atom is 0.202 e. The highest BCUT2D eigenvalue weighted by atomic mass is 32.1. The third kappa shape index (κ3) is 2.97. The number of thiazole rings is 1. The number of hydrogen-bond donors (Lipinski definition) is 1. The number of ether oxygens (including phenoxy) is 1. The van der Waals surface area contributed by atoms with Crippen molar-refractivity contribution in [2.75, 3.05) is 12.4 Å². The molecule has 0 unspecified atom stereocenters. The van der Waals surface area contributed by atoms with Crippen molar-refractivity contribution in [2.45, 2.75) is 20.1 Å². The summed E-state index contributed by atoms with van der Waals surface area (Å²) in [5.41, 5.74) is 1.00. The summed E-state index contributed by atoms with van der Waals surface area (Å²) in [7, 11) is 1.67. The standard InChI is InChI=1S/C9H12N4OS2/c1-6-11-9(16-13-6)10-3-7-5-15-8(12-7)4-14-2/h5H,3-4H2,1-2H3,(H,10,11,13). The van der Waals surface area contributed by atoms with E-state index in [2.05, 4.69) is 19.7 Å². The first-order valence-electron chi connectivity index (χ1n) is 4.74. The Kier molecular flexibility index (Phi) is 3.81. The van der Waals surface area contributed by atoms with Crippen LogP contribution in [0, 0.1) is 6.92 Å². The highest BCUT2D eigenvalue weighted by molar-refractivity contribution is 7.10. The van der Waals surface area contributed by atoms with E-state index in [1.165, 1.54) is 11.5 Å². The normalized spacial score (nSPS) is 10.6. The van der Waals surface area contributed by atoms with E-state index in [0.717, 1.165) is 21.7 Å². The summed E-state index contributed by atoms with van der Waals surface area (Å²) in [4.78, 5) is 8.63. The van der Waals surface area contributed by atoms with Gasteiger partial charge in [0.05, 0.1) is 18.8 Å². The van der Waals surface area contributed by atoms with E-state index < -0.39 is 0 Å². The van der Waals surface area contributed by atoms with E-state index in [0.29, 0.717) is 13.2 Å². The van der Waals surface area contributed by atoms with Crippen LogP contribution in [-0.2, 0) is 17.9 Å². The molecule has 0 saturated heterocycles. The van der Waals surface area contributed by atoms with Gasteiger partial charge < -0.3 is 10.1 Å². The molecule has 0 atom stereocenters. The molecule has 86 valence electrons. The Balaban J connectivity index is 1.89. The van der Waals surface area contributed by atoms with Crippen LogP contribution in [0.2, 0.25) is 0 Å². The smallest absolute Gasteiger partial charge is 0.202 e. The molecule has 0 aromatic carbocycles. The van der Waals surface area contributed by atoms with Crippen molar-refractivity contribution in [3.8, 4) is 0 Å². The first-order valence-corrected chi connectivity index (χ1v) is 6.39. The second-order valence-corrected chi connectivity index (χ2v) is 4.86. The minimum atomic E-state index is 0.572. The summed E-state index contributed by atoms with van der Waals surface area (Å²) in [5.74, 6) is 0.797. The predicted molar refractivity (Wildman–Crippen MR) is 64.8 cm³/mol.